The first-order valence-electron chi connectivity index (χ1n) is 7.20. The monoisotopic (exact) mass is 240 g/mol. The number of methoxy groups -OCH3 is 1. The average molecular weight is 240 g/mol. The fraction of sp³-hybridized carbons (Fsp3) is 1.00. The molecular formula is C14H28N2O. The first-order chi connectivity index (χ1) is 8.22. The first-order valence-corrected chi connectivity index (χ1v) is 7.20. The second-order valence-electron chi connectivity index (χ2n) is 5.94. The Kier molecular flexibility index (Phi) is 4.83. The maximum Gasteiger partial charge on any atom is 0.0620 e. The molecule has 2 rings (SSSR count). The summed E-state index contributed by atoms with van der Waals surface area (Å²) < 4.78 is 5.44. The molecule has 1 saturated carbocycles. The molecule has 0 aromatic rings. The molecule has 1 saturated heterocycles. The maximum absolute atomic E-state index is 5.44. The van der Waals surface area contributed by atoms with Gasteiger partial charge in [0, 0.05) is 31.8 Å². The zero-order chi connectivity index (χ0) is 12.3. The van der Waals surface area contributed by atoms with Crippen molar-refractivity contribution >= 4 is 0 Å². The third kappa shape index (κ3) is 3.67. The first kappa shape index (κ1) is 13.3. The molecule has 0 spiro atoms. The number of hydrogen-bond donors (Lipinski definition) is 1. The molecular weight excluding hydrogens is 212 g/mol. The van der Waals surface area contributed by atoms with E-state index in [-0.39, 0.29) is 0 Å². The molecule has 0 bridgehead atoms. The minimum Gasteiger partial charge on any atom is -0.383 e. The summed E-state index contributed by atoms with van der Waals surface area (Å²) in [6.45, 7) is 7.94. The summed E-state index contributed by atoms with van der Waals surface area (Å²) in [6.07, 6.45) is 5.48. The van der Waals surface area contributed by atoms with Gasteiger partial charge in [0.15, 0.2) is 0 Å². The van der Waals surface area contributed by atoms with Crippen LogP contribution in [0.25, 0.3) is 0 Å². The summed E-state index contributed by atoms with van der Waals surface area (Å²) >= 11 is 0. The van der Waals surface area contributed by atoms with Crippen molar-refractivity contribution in [3.05, 3.63) is 0 Å². The molecule has 100 valence electrons. The summed E-state index contributed by atoms with van der Waals surface area (Å²) in [5, 5.41) is 3.62. The Bertz CT molecular complexity index is 222. The summed E-state index contributed by atoms with van der Waals surface area (Å²) in [7, 11) is 1.84. The topological polar surface area (TPSA) is 24.5 Å². The van der Waals surface area contributed by atoms with E-state index in [2.05, 4.69) is 24.1 Å². The van der Waals surface area contributed by atoms with Gasteiger partial charge in [-0.15, -0.1) is 0 Å². The second-order valence-corrected chi connectivity index (χ2v) is 5.94. The van der Waals surface area contributed by atoms with Crippen molar-refractivity contribution in [2.45, 2.75) is 57.7 Å². The van der Waals surface area contributed by atoms with E-state index in [9.17, 15) is 0 Å². The molecule has 3 heteroatoms. The molecule has 1 aliphatic heterocycles. The summed E-state index contributed by atoms with van der Waals surface area (Å²) in [5.74, 6) is 0.888. The van der Waals surface area contributed by atoms with E-state index in [1.54, 1.807) is 0 Å². The molecule has 2 atom stereocenters. The fourth-order valence-electron chi connectivity index (χ4n) is 3.05. The van der Waals surface area contributed by atoms with Crippen LogP contribution >= 0.6 is 0 Å². The molecule has 3 nitrogen and oxygen atoms in total. The van der Waals surface area contributed by atoms with Gasteiger partial charge in [0.2, 0.25) is 0 Å². The van der Waals surface area contributed by atoms with Gasteiger partial charge in [-0.3, -0.25) is 4.90 Å². The molecule has 0 amide bonds. The Morgan fingerprint density at radius 3 is 2.53 bits per heavy atom. The lowest BCUT2D eigenvalue weighted by Crippen LogP contribution is -2.49. The second kappa shape index (κ2) is 6.17. The van der Waals surface area contributed by atoms with Crippen molar-refractivity contribution in [3.8, 4) is 0 Å². The number of nitrogens with one attached hydrogen (secondary N) is 1. The number of hydrogen-bond acceptors (Lipinski definition) is 3. The lowest BCUT2D eigenvalue weighted by Gasteiger charge is -2.36. The zero-order valence-electron chi connectivity index (χ0n) is 11.6. The molecule has 1 heterocycles. The van der Waals surface area contributed by atoms with E-state index < -0.39 is 0 Å². The fourth-order valence-corrected chi connectivity index (χ4v) is 3.05. The van der Waals surface area contributed by atoms with Crippen LogP contribution in [0.3, 0.4) is 0 Å². The van der Waals surface area contributed by atoms with Crippen molar-refractivity contribution < 1.29 is 4.74 Å². The Hall–Kier alpha value is -0.120. The van der Waals surface area contributed by atoms with Gasteiger partial charge in [0.05, 0.1) is 6.61 Å². The largest absolute Gasteiger partial charge is 0.383 e. The van der Waals surface area contributed by atoms with Crippen molar-refractivity contribution in [3.63, 3.8) is 0 Å². The van der Waals surface area contributed by atoms with Crippen molar-refractivity contribution in [2.24, 2.45) is 5.92 Å². The Balaban J connectivity index is 1.92. The minimum atomic E-state index is 0.623. The molecule has 0 aromatic heterocycles. The van der Waals surface area contributed by atoms with Gasteiger partial charge in [-0.05, 0) is 52.0 Å². The average Bonchev–Trinajstić information content (AvgIpc) is 3.00. The van der Waals surface area contributed by atoms with E-state index >= 15 is 0 Å². The number of rotatable bonds is 7. The van der Waals surface area contributed by atoms with E-state index in [1.165, 1.54) is 38.8 Å². The Labute approximate surface area is 106 Å². The molecule has 2 fully saturated rings. The highest BCUT2D eigenvalue weighted by molar-refractivity contribution is 4.91. The minimum absolute atomic E-state index is 0.623. The number of ether oxygens (including phenoxy) is 1. The lowest BCUT2D eigenvalue weighted by molar-refractivity contribution is 0.0523. The summed E-state index contributed by atoms with van der Waals surface area (Å²) in [5.41, 5.74) is 0. The van der Waals surface area contributed by atoms with Gasteiger partial charge < -0.3 is 10.1 Å². The molecule has 2 unspecified atom stereocenters. The van der Waals surface area contributed by atoms with Gasteiger partial charge in [0.1, 0.15) is 0 Å². The smallest absolute Gasteiger partial charge is 0.0620 e. The molecule has 1 aliphatic carbocycles. The van der Waals surface area contributed by atoms with Gasteiger partial charge in [-0.1, -0.05) is 0 Å². The normalized spacial score (nSPS) is 27.0. The van der Waals surface area contributed by atoms with Gasteiger partial charge in [0.25, 0.3) is 0 Å². The van der Waals surface area contributed by atoms with Gasteiger partial charge in [-0.2, -0.15) is 0 Å². The molecule has 2 aliphatic rings. The summed E-state index contributed by atoms with van der Waals surface area (Å²) in [6, 6.07) is 1.97. The molecule has 0 radical (unpaired) electrons. The van der Waals surface area contributed by atoms with Crippen LogP contribution in [-0.2, 0) is 4.74 Å². The van der Waals surface area contributed by atoms with Crippen LogP contribution in [0, 0.1) is 5.92 Å². The third-order valence-corrected chi connectivity index (χ3v) is 4.19. The van der Waals surface area contributed by atoms with Crippen molar-refractivity contribution in [2.75, 3.05) is 26.8 Å². The molecule has 17 heavy (non-hydrogen) atoms. The lowest BCUT2D eigenvalue weighted by atomic mass is 10.1. The Morgan fingerprint density at radius 1 is 1.29 bits per heavy atom. The molecule has 0 aromatic carbocycles. The van der Waals surface area contributed by atoms with E-state index in [4.69, 9.17) is 4.74 Å². The zero-order valence-corrected chi connectivity index (χ0v) is 11.6. The number of nitrogens with zero attached hydrogens (tertiary/aromatic N) is 1. The maximum atomic E-state index is 5.44. The predicted octanol–water partition coefficient (Wildman–Crippen LogP) is 1.87. The van der Waals surface area contributed by atoms with Crippen LogP contribution in [0.5, 0.6) is 0 Å². The predicted molar refractivity (Wildman–Crippen MR) is 71.3 cm³/mol. The Morgan fingerprint density at radius 2 is 2.06 bits per heavy atom. The third-order valence-electron chi connectivity index (χ3n) is 4.19. The van der Waals surface area contributed by atoms with Crippen LogP contribution in [0.15, 0.2) is 0 Å². The van der Waals surface area contributed by atoms with E-state index in [0.717, 1.165) is 12.5 Å². The van der Waals surface area contributed by atoms with Crippen LogP contribution in [-0.4, -0.2) is 49.8 Å². The SMILES string of the molecule is COCC(C1CC1)N(CC1CCCN1)C(C)C. The quantitative estimate of drug-likeness (QED) is 0.735. The standard InChI is InChI=1S/C14H28N2O/c1-11(2)16(9-13-5-4-8-15-13)14(10-17-3)12-6-7-12/h11-15H,4-10H2,1-3H3. The molecule has 1 N–H and O–H groups in total. The van der Waals surface area contributed by atoms with Gasteiger partial charge >= 0.3 is 0 Å². The van der Waals surface area contributed by atoms with Crippen molar-refractivity contribution in [1.29, 1.82) is 0 Å². The van der Waals surface area contributed by atoms with Crippen LogP contribution in [0.1, 0.15) is 39.5 Å². The highest BCUT2D eigenvalue weighted by Gasteiger charge is 2.37. The van der Waals surface area contributed by atoms with Crippen LogP contribution in [0.2, 0.25) is 0 Å². The van der Waals surface area contributed by atoms with Crippen LogP contribution in [0.4, 0.5) is 0 Å². The highest BCUT2D eigenvalue weighted by atomic mass is 16.5. The summed E-state index contributed by atoms with van der Waals surface area (Å²) in [4.78, 5) is 2.67. The van der Waals surface area contributed by atoms with E-state index in [1.807, 2.05) is 7.11 Å². The van der Waals surface area contributed by atoms with Gasteiger partial charge in [-0.25, -0.2) is 0 Å². The highest BCUT2D eigenvalue weighted by Crippen LogP contribution is 2.36. The van der Waals surface area contributed by atoms with Crippen molar-refractivity contribution in [1.82, 2.24) is 10.2 Å². The van der Waals surface area contributed by atoms with Crippen LogP contribution < -0.4 is 5.32 Å². The van der Waals surface area contributed by atoms with E-state index in [0.29, 0.717) is 18.1 Å².